The lowest BCUT2D eigenvalue weighted by Crippen LogP contribution is -2.32. The van der Waals surface area contributed by atoms with Gasteiger partial charge in [-0.2, -0.15) is 0 Å². The molecule has 1 N–H and O–H groups in total. The van der Waals surface area contributed by atoms with E-state index in [1.165, 1.54) is 28.6 Å². The smallest absolute Gasteiger partial charge is 0.232 e. The summed E-state index contributed by atoms with van der Waals surface area (Å²) in [6.07, 6.45) is 4.89. The van der Waals surface area contributed by atoms with Gasteiger partial charge in [-0.15, -0.1) is 0 Å². The molecule has 0 bridgehead atoms. The molecule has 0 heterocycles. The lowest BCUT2D eigenvalue weighted by atomic mass is 10.2. The van der Waals surface area contributed by atoms with E-state index in [1.807, 2.05) is 0 Å². The van der Waals surface area contributed by atoms with Crippen molar-refractivity contribution in [1.82, 2.24) is 5.32 Å². The highest BCUT2D eigenvalue weighted by Gasteiger charge is 2.17. The summed E-state index contributed by atoms with van der Waals surface area (Å²) in [4.78, 5) is 11.7. The molecule has 1 amide bonds. The molecule has 5 nitrogen and oxygen atoms in total. The van der Waals surface area contributed by atoms with Gasteiger partial charge in [0, 0.05) is 19.5 Å². The van der Waals surface area contributed by atoms with Crippen LogP contribution in [0.15, 0.2) is 24.3 Å². The highest BCUT2D eigenvalue weighted by Crippen LogP contribution is 2.18. The molecular weight excluding hydrogens is 319 g/mol. The van der Waals surface area contributed by atoms with Gasteiger partial charge in [-0.25, -0.2) is 12.8 Å². The summed E-state index contributed by atoms with van der Waals surface area (Å²) < 4.78 is 37.9. The molecule has 1 aromatic rings. The number of benzene rings is 1. The fraction of sp³-hybridized carbons (Fsp3) is 0.562. The van der Waals surface area contributed by atoms with Crippen molar-refractivity contribution in [3.63, 3.8) is 0 Å². The highest BCUT2D eigenvalue weighted by atomic mass is 32.2. The molecule has 0 aliphatic heterocycles. The number of halogens is 1. The summed E-state index contributed by atoms with van der Waals surface area (Å²) in [5.74, 6) is -0.498. The largest absolute Gasteiger partial charge is 0.356 e. The van der Waals surface area contributed by atoms with Crippen molar-refractivity contribution in [2.75, 3.05) is 23.7 Å². The first-order chi connectivity index (χ1) is 10.8. The summed E-state index contributed by atoms with van der Waals surface area (Å²) in [6, 6.07) is 5.27. The molecule has 0 saturated carbocycles. The van der Waals surface area contributed by atoms with Crippen molar-refractivity contribution >= 4 is 21.6 Å². The van der Waals surface area contributed by atoms with E-state index < -0.39 is 15.8 Å². The van der Waals surface area contributed by atoms with Crippen LogP contribution in [0.3, 0.4) is 0 Å². The molecule has 0 radical (unpaired) electrons. The second-order valence-corrected chi connectivity index (χ2v) is 7.38. The maximum Gasteiger partial charge on any atom is 0.232 e. The monoisotopic (exact) mass is 344 g/mol. The Morgan fingerprint density at radius 2 is 1.83 bits per heavy atom. The number of amides is 1. The van der Waals surface area contributed by atoms with Crippen LogP contribution >= 0.6 is 0 Å². The topological polar surface area (TPSA) is 66.5 Å². The van der Waals surface area contributed by atoms with Crippen LogP contribution in [0.5, 0.6) is 0 Å². The SMILES string of the molecule is CCCCCNC(=O)CCCN(c1ccc(F)cc1)S(C)(=O)=O. The Bertz CT molecular complexity index is 588. The third kappa shape index (κ3) is 7.45. The van der Waals surface area contributed by atoms with Crippen LogP contribution in [-0.4, -0.2) is 33.7 Å². The van der Waals surface area contributed by atoms with E-state index in [4.69, 9.17) is 0 Å². The first-order valence-corrected chi connectivity index (χ1v) is 9.69. The van der Waals surface area contributed by atoms with Crippen LogP contribution in [0, 0.1) is 5.82 Å². The number of anilines is 1. The molecule has 0 saturated heterocycles. The van der Waals surface area contributed by atoms with Crippen LogP contribution < -0.4 is 9.62 Å². The van der Waals surface area contributed by atoms with E-state index in [0.29, 0.717) is 18.7 Å². The summed E-state index contributed by atoms with van der Waals surface area (Å²) >= 11 is 0. The number of sulfonamides is 1. The fourth-order valence-corrected chi connectivity index (χ4v) is 3.13. The number of hydrogen-bond donors (Lipinski definition) is 1. The molecule has 0 atom stereocenters. The van der Waals surface area contributed by atoms with Crippen LogP contribution in [0.4, 0.5) is 10.1 Å². The Morgan fingerprint density at radius 3 is 2.39 bits per heavy atom. The molecule has 1 rings (SSSR count). The Hall–Kier alpha value is -1.63. The zero-order valence-electron chi connectivity index (χ0n) is 13.7. The number of hydrogen-bond acceptors (Lipinski definition) is 3. The van der Waals surface area contributed by atoms with Crippen LogP contribution in [0.1, 0.15) is 39.0 Å². The second kappa shape index (κ2) is 9.50. The van der Waals surface area contributed by atoms with Gasteiger partial charge in [0.05, 0.1) is 11.9 Å². The number of rotatable bonds is 10. The molecule has 0 aliphatic rings. The second-order valence-electron chi connectivity index (χ2n) is 5.47. The lowest BCUT2D eigenvalue weighted by Gasteiger charge is -2.22. The van der Waals surface area contributed by atoms with Crippen molar-refractivity contribution in [3.8, 4) is 0 Å². The van der Waals surface area contributed by atoms with Gasteiger partial charge in [0.25, 0.3) is 0 Å². The van der Waals surface area contributed by atoms with Gasteiger partial charge in [-0.05, 0) is 37.1 Å². The molecule has 23 heavy (non-hydrogen) atoms. The van der Waals surface area contributed by atoms with E-state index in [0.717, 1.165) is 25.5 Å². The average molecular weight is 344 g/mol. The van der Waals surface area contributed by atoms with Crippen molar-refractivity contribution < 1.29 is 17.6 Å². The normalized spacial score (nSPS) is 11.3. The van der Waals surface area contributed by atoms with Gasteiger partial charge in [0.15, 0.2) is 0 Å². The predicted molar refractivity (Wildman–Crippen MR) is 90.4 cm³/mol. The van der Waals surface area contributed by atoms with Crippen molar-refractivity contribution in [2.45, 2.75) is 39.0 Å². The third-order valence-corrected chi connectivity index (χ3v) is 4.58. The quantitative estimate of drug-likeness (QED) is 0.664. The minimum atomic E-state index is -3.47. The number of carbonyl (C=O) groups excluding carboxylic acids is 1. The lowest BCUT2D eigenvalue weighted by molar-refractivity contribution is -0.121. The molecule has 7 heteroatoms. The van der Waals surface area contributed by atoms with E-state index in [9.17, 15) is 17.6 Å². The zero-order valence-corrected chi connectivity index (χ0v) is 14.5. The summed E-state index contributed by atoms with van der Waals surface area (Å²) in [5.41, 5.74) is 0.400. The van der Waals surface area contributed by atoms with E-state index in [-0.39, 0.29) is 18.9 Å². The summed E-state index contributed by atoms with van der Waals surface area (Å²) in [5, 5.41) is 2.82. The summed E-state index contributed by atoms with van der Waals surface area (Å²) in [6.45, 7) is 2.93. The maximum absolute atomic E-state index is 13.0. The molecule has 0 aromatic heterocycles. The zero-order chi connectivity index (χ0) is 17.3. The maximum atomic E-state index is 13.0. The Morgan fingerprint density at radius 1 is 1.17 bits per heavy atom. The standard InChI is InChI=1S/C16H25FN2O3S/c1-3-4-5-12-18-16(20)7-6-13-19(23(2,21)22)15-10-8-14(17)9-11-15/h8-11H,3-7,12-13H2,1-2H3,(H,18,20). The minimum Gasteiger partial charge on any atom is -0.356 e. The first-order valence-electron chi connectivity index (χ1n) is 7.84. The van der Waals surface area contributed by atoms with Gasteiger partial charge >= 0.3 is 0 Å². The van der Waals surface area contributed by atoms with Gasteiger partial charge in [0.2, 0.25) is 15.9 Å². The Labute approximate surface area is 137 Å². The van der Waals surface area contributed by atoms with E-state index >= 15 is 0 Å². The van der Waals surface area contributed by atoms with Crippen LogP contribution in [-0.2, 0) is 14.8 Å². The minimum absolute atomic E-state index is 0.0753. The Balaban J connectivity index is 2.50. The number of carbonyl (C=O) groups is 1. The molecule has 130 valence electrons. The third-order valence-electron chi connectivity index (χ3n) is 3.38. The molecule has 0 unspecified atom stereocenters. The van der Waals surface area contributed by atoms with Crippen molar-refractivity contribution in [1.29, 1.82) is 0 Å². The van der Waals surface area contributed by atoms with Crippen LogP contribution in [0.2, 0.25) is 0 Å². The van der Waals surface area contributed by atoms with E-state index in [1.54, 1.807) is 0 Å². The molecule has 0 fully saturated rings. The molecule has 0 aliphatic carbocycles. The van der Waals surface area contributed by atoms with Crippen LogP contribution in [0.25, 0.3) is 0 Å². The Kier molecular flexibility index (Phi) is 8.02. The van der Waals surface area contributed by atoms with Gasteiger partial charge in [-0.1, -0.05) is 19.8 Å². The molecular formula is C16H25FN2O3S. The van der Waals surface area contributed by atoms with Crippen molar-refractivity contribution in [3.05, 3.63) is 30.1 Å². The van der Waals surface area contributed by atoms with Gasteiger partial charge < -0.3 is 5.32 Å². The molecule has 1 aromatic carbocycles. The van der Waals surface area contributed by atoms with E-state index in [2.05, 4.69) is 12.2 Å². The number of unbranched alkanes of at least 4 members (excludes halogenated alkanes) is 2. The highest BCUT2D eigenvalue weighted by molar-refractivity contribution is 7.92. The predicted octanol–water partition coefficient (Wildman–Crippen LogP) is 2.68. The van der Waals surface area contributed by atoms with Gasteiger partial charge in [-0.3, -0.25) is 9.10 Å². The van der Waals surface area contributed by atoms with Crippen molar-refractivity contribution in [2.24, 2.45) is 0 Å². The average Bonchev–Trinajstić information content (AvgIpc) is 2.48. The number of nitrogens with zero attached hydrogens (tertiary/aromatic N) is 1. The number of nitrogens with one attached hydrogen (secondary N) is 1. The fourth-order valence-electron chi connectivity index (χ4n) is 2.17. The summed E-state index contributed by atoms with van der Waals surface area (Å²) in [7, 11) is -3.47. The molecule has 0 spiro atoms. The first kappa shape index (κ1) is 19.4. The van der Waals surface area contributed by atoms with Gasteiger partial charge in [0.1, 0.15) is 5.82 Å².